The van der Waals surface area contributed by atoms with Crippen LogP contribution in [-0.2, 0) is 28.5 Å². The Hall–Kier alpha value is -3.62. The van der Waals surface area contributed by atoms with Gasteiger partial charge in [0.1, 0.15) is 54.9 Å². The molecule has 2 aliphatic rings. The molecule has 11 atom stereocenters. The summed E-state index contributed by atoms with van der Waals surface area (Å²) in [4.78, 5) is 30.6. The minimum atomic E-state index is -8.81. The Morgan fingerprint density at radius 3 is 1.69 bits per heavy atom. The van der Waals surface area contributed by atoms with Gasteiger partial charge in [0.25, 0.3) is 0 Å². The van der Waals surface area contributed by atoms with Crippen molar-refractivity contribution < 1.29 is 144 Å². The summed E-state index contributed by atoms with van der Waals surface area (Å²) >= 11 is 0. The standard InChI is InChI=1S/C36H52F17N5O14/c1-58(2)27(54)56-10-6-7-15(57-28(67)69-12-8-29(37,38)30(39,40)31(41,42)32(43,44)33(45,46)34(47,48)35(49,50)36(51,52)53)24(66)55-9-4-3-5-11-68-25-22(65)20(63)23(17(14-60)71-25)72-26-21(64)19(62)18(61)16(13-59)70-26/h15-23,25-26,59-65H,3-14H2,1-2H3,(H2,54,56)(H,55,66)(H,57,67)/t15-,16+,17+,18+,19-,20+,21+,22+,23+,25?,26-/m0/s1. The number of ether oxygens (including phenoxy) is 5. The summed E-state index contributed by atoms with van der Waals surface area (Å²) < 4.78 is 257. The van der Waals surface area contributed by atoms with Crippen LogP contribution in [0.15, 0.2) is 4.99 Å². The predicted molar refractivity (Wildman–Crippen MR) is 202 cm³/mol. The lowest BCUT2D eigenvalue weighted by Crippen LogP contribution is -2.74. The number of alkyl carbamates (subject to hydrolysis) is 1. The molecule has 2 heterocycles. The fourth-order valence-corrected chi connectivity index (χ4v) is 6.34. The molecular formula is C36H52F17N5O14. The number of nitrogens with two attached hydrogens (primary N) is 1. The molecule has 2 amide bonds. The minimum Gasteiger partial charge on any atom is -0.449 e. The van der Waals surface area contributed by atoms with Crippen molar-refractivity contribution in [2.24, 2.45) is 10.7 Å². The largest absolute Gasteiger partial charge is 0.460 e. The van der Waals surface area contributed by atoms with Gasteiger partial charge in [-0.25, -0.2) is 4.79 Å². The Balaban J connectivity index is 2.02. The lowest BCUT2D eigenvalue weighted by Gasteiger charge is -2.45. The highest BCUT2D eigenvalue weighted by atomic mass is 19.4. The number of unbranched alkanes of at least 4 members (excludes halogenated alkanes) is 2. The van der Waals surface area contributed by atoms with E-state index in [0.29, 0.717) is 0 Å². The van der Waals surface area contributed by atoms with Crippen molar-refractivity contribution in [1.82, 2.24) is 15.5 Å². The molecule has 1 unspecified atom stereocenters. The second-order valence-corrected chi connectivity index (χ2v) is 16.2. The second-order valence-electron chi connectivity index (χ2n) is 16.2. The molecule has 2 rings (SSSR count). The van der Waals surface area contributed by atoms with Gasteiger partial charge >= 0.3 is 53.7 Å². The van der Waals surface area contributed by atoms with Crippen molar-refractivity contribution in [3.8, 4) is 0 Å². The van der Waals surface area contributed by atoms with E-state index < -0.39 is 160 Å². The topological polar surface area (TPSA) is 288 Å². The molecule has 11 N–H and O–H groups in total. The van der Waals surface area contributed by atoms with E-state index >= 15 is 0 Å². The van der Waals surface area contributed by atoms with E-state index in [1.165, 1.54) is 19.0 Å². The Morgan fingerprint density at radius 2 is 1.17 bits per heavy atom. The smallest absolute Gasteiger partial charge is 0.449 e. The van der Waals surface area contributed by atoms with Crippen LogP contribution in [0.4, 0.5) is 79.4 Å². The number of carbonyl (C=O) groups excluding carboxylic acids is 2. The van der Waals surface area contributed by atoms with E-state index in [1.807, 2.05) is 0 Å². The van der Waals surface area contributed by atoms with Gasteiger partial charge in [0.15, 0.2) is 18.5 Å². The average molecular weight is 1100 g/mol. The van der Waals surface area contributed by atoms with Gasteiger partial charge in [-0.05, 0) is 32.1 Å². The molecule has 2 fully saturated rings. The minimum absolute atomic E-state index is 0.0379. The number of halogens is 17. The lowest BCUT2D eigenvalue weighted by atomic mass is 9.88. The first-order valence-electron chi connectivity index (χ1n) is 20.8. The van der Waals surface area contributed by atoms with Gasteiger partial charge < -0.3 is 80.7 Å². The Labute approximate surface area is 395 Å². The number of aliphatic hydroxyl groups excluding tert-OH is 7. The quantitative estimate of drug-likeness (QED) is 0.0251. The Morgan fingerprint density at radius 1 is 0.653 bits per heavy atom. The van der Waals surface area contributed by atoms with Gasteiger partial charge in [-0.15, -0.1) is 0 Å². The number of aliphatic hydroxyl groups is 7. The van der Waals surface area contributed by atoms with Crippen molar-refractivity contribution in [3.63, 3.8) is 0 Å². The Bertz CT molecular complexity index is 1770. The molecule has 2 aliphatic heterocycles. The number of carbonyl (C=O) groups is 2. The van der Waals surface area contributed by atoms with Crippen LogP contribution in [-0.4, -0.2) is 227 Å². The summed E-state index contributed by atoms with van der Waals surface area (Å²) in [7, 11) is 2.96. The molecule has 0 radical (unpaired) electrons. The molecule has 36 heteroatoms. The van der Waals surface area contributed by atoms with E-state index in [-0.39, 0.29) is 51.3 Å². The third-order valence-corrected chi connectivity index (χ3v) is 10.8. The zero-order valence-electron chi connectivity index (χ0n) is 37.2. The fourth-order valence-electron chi connectivity index (χ4n) is 6.34. The number of alkyl halides is 17. The number of amides is 2. The van der Waals surface area contributed by atoms with Crippen LogP contribution in [0.5, 0.6) is 0 Å². The number of aliphatic imine (C=N–C) groups is 1. The number of hydrogen-bond acceptors (Lipinski definition) is 15. The zero-order chi connectivity index (χ0) is 55.8. The highest BCUT2D eigenvalue weighted by Gasteiger charge is 2.95. The van der Waals surface area contributed by atoms with E-state index in [4.69, 9.17) is 24.7 Å². The van der Waals surface area contributed by atoms with E-state index in [0.717, 1.165) is 0 Å². The molecule has 2 saturated heterocycles. The summed E-state index contributed by atoms with van der Waals surface area (Å²) in [6.07, 6.45) is -30.3. The number of guanidine groups is 1. The summed E-state index contributed by atoms with van der Waals surface area (Å²) in [5.74, 6) is -59.1. The highest BCUT2D eigenvalue weighted by Crippen LogP contribution is 2.64. The van der Waals surface area contributed by atoms with Crippen LogP contribution in [0.3, 0.4) is 0 Å². The third-order valence-electron chi connectivity index (χ3n) is 10.8. The first kappa shape index (κ1) is 64.5. The highest BCUT2D eigenvalue weighted by molar-refractivity contribution is 5.85. The van der Waals surface area contributed by atoms with Crippen molar-refractivity contribution in [2.75, 3.05) is 53.6 Å². The van der Waals surface area contributed by atoms with Crippen LogP contribution in [0.2, 0.25) is 0 Å². The van der Waals surface area contributed by atoms with Crippen LogP contribution in [0.25, 0.3) is 0 Å². The fraction of sp³-hybridized carbons (Fsp3) is 0.917. The van der Waals surface area contributed by atoms with Crippen molar-refractivity contribution in [2.45, 2.75) is 154 Å². The molecule has 0 bridgehead atoms. The first-order chi connectivity index (χ1) is 32.7. The summed E-state index contributed by atoms with van der Waals surface area (Å²) in [5, 5.41) is 74.8. The van der Waals surface area contributed by atoms with Gasteiger partial charge in [0.2, 0.25) is 5.91 Å². The molecule has 0 aliphatic carbocycles. The van der Waals surface area contributed by atoms with Crippen LogP contribution >= 0.6 is 0 Å². The maximum Gasteiger partial charge on any atom is 0.460 e. The maximum atomic E-state index is 14.3. The number of hydrogen-bond donors (Lipinski definition) is 10. The molecule has 0 aromatic heterocycles. The SMILES string of the molecule is CN(C)C(N)=NCCC[C@H](NC(=O)OCCC(F)(F)C(F)(F)C(F)(F)C(F)(F)C(F)(F)C(F)(F)C(F)(F)C(F)(F)F)C(=O)NCCCCCOC1O[C@H](CO)[C@@H](O[C@@H]2O[C@H](CO)[C@@H](O)[C@H](O)[C@H]2O)[C@H](O)[C@H]1O. The summed E-state index contributed by atoms with van der Waals surface area (Å²) in [6.45, 7) is -4.56. The molecule has 424 valence electrons. The summed E-state index contributed by atoms with van der Waals surface area (Å²) in [5.41, 5.74) is 5.63. The zero-order valence-corrected chi connectivity index (χ0v) is 37.2. The van der Waals surface area contributed by atoms with Crippen molar-refractivity contribution in [1.29, 1.82) is 0 Å². The van der Waals surface area contributed by atoms with Crippen molar-refractivity contribution in [3.05, 3.63) is 0 Å². The number of nitrogens with one attached hydrogen (secondary N) is 2. The number of rotatable bonds is 26. The second kappa shape index (κ2) is 24.8. The molecule has 0 aromatic carbocycles. The monoisotopic (exact) mass is 1100 g/mol. The lowest BCUT2D eigenvalue weighted by molar-refractivity contribution is -0.461. The van der Waals surface area contributed by atoms with Gasteiger partial charge in [-0.2, -0.15) is 74.6 Å². The van der Waals surface area contributed by atoms with Crippen LogP contribution in [0.1, 0.15) is 38.5 Å². The Kier molecular flexibility index (Phi) is 22.2. The van der Waals surface area contributed by atoms with Gasteiger partial charge in [-0.1, -0.05) is 0 Å². The maximum absolute atomic E-state index is 14.3. The van der Waals surface area contributed by atoms with Gasteiger partial charge in [-0.3, -0.25) is 9.79 Å². The van der Waals surface area contributed by atoms with E-state index in [2.05, 4.69) is 15.0 Å². The van der Waals surface area contributed by atoms with Gasteiger partial charge in [0, 0.05) is 33.8 Å². The molecule has 0 spiro atoms. The van der Waals surface area contributed by atoms with Crippen LogP contribution in [0, 0.1) is 0 Å². The molecular weight excluding hydrogens is 1050 g/mol. The molecule has 0 aromatic rings. The molecule has 0 saturated carbocycles. The average Bonchev–Trinajstić information content (AvgIpc) is 3.27. The van der Waals surface area contributed by atoms with Crippen molar-refractivity contribution >= 4 is 18.0 Å². The van der Waals surface area contributed by atoms with Crippen LogP contribution < -0.4 is 16.4 Å². The summed E-state index contributed by atoms with van der Waals surface area (Å²) in [6, 6.07) is -1.75. The number of nitrogens with zero attached hydrogens (tertiary/aromatic N) is 2. The molecule has 19 nitrogen and oxygen atoms in total. The third kappa shape index (κ3) is 13.8. The van der Waals surface area contributed by atoms with E-state index in [9.17, 15) is 120 Å². The van der Waals surface area contributed by atoms with E-state index in [1.54, 1.807) is 5.32 Å². The normalized spacial score (nSPS) is 27.1. The molecule has 72 heavy (non-hydrogen) atoms. The predicted octanol–water partition coefficient (Wildman–Crippen LogP) is 1.06. The first-order valence-corrected chi connectivity index (χ1v) is 20.8. The van der Waals surface area contributed by atoms with Gasteiger partial charge in [0.05, 0.1) is 26.2 Å².